The van der Waals surface area contributed by atoms with Gasteiger partial charge in [0.1, 0.15) is 19.3 Å². The summed E-state index contributed by atoms with van der Waals surface area (Å²) in [5, 5.41) is 11.8. The Bertz CT molecular complexity index is 902. The van der Waals surface area contributed by atoms with Crippen LogP contribution in [0.5, 0.6) is 0 Å². The number of esters is 1. The lowest BCUT2D eigenvalue weighted by Crippen LogP contribution is -2.43. The number of hydrogen-bond acceptors (Lipinski definition) is 6. The van der Waals surface area contributed by atoms with E-state index in [1.54, 1.807) is 6.92 Å². The van der Waals surface area contributed by atoms with E-state index in [0.29, 0.717) is 12.2 Å². The summed E-state index contributed by atoms with van der Waals surface area (Å²) in [5.74, 6) is -0.951. The van der Waals surface area contributed by atoms with Crippen LogP contribution in [0.2, 0.25) is 0 Å². The Kier molecular flexibility index (Phi) is 7.94. The highest BCUT2D eigenvalue weighted by Gasteiger charge is 2.29. The number of aliphatic carboxylic acids is 1. The first-order valence-electron chi connectivity index (χ1n) is 10.1. The first kappa shape index (κ1) is 22.7. The maximum absolute atomic E-state index is 12.3. The molecule has 0 radical (unpaired) electrons. The number of ether oxygens (including phenoxy) is 2. The number of rotatable bonds is 10. The smallest absolute Gasteiger partial charge is 0.407 e. The molecule has 0 heterocycles. The van der Waals surface area contributed by atoms with Crippen molar-refractivity contribution in [2.24, 2.45) is 0 Å². The highest BCUT2D eigenvalue weighted by Crippen LogP contribution is 2.44. The topological polar surface area (TPSA) is 102 Å². The third-order valence-corrected chi connectivity index (χ3v) is 6.02. The minimum absolute atomic E-state index is 0.0935. The molecule has 1 atom stereocenters. The van der Waals surface area contributed by atoms with Crippen LogP contribution in [0, 0.1) is 0 Å². The average Bonchev–Trinajstić information content (AvgIpc) is 3.10. The number of carboxylic acid groups (broad SMARTS) is 1. The number of carbonyl (C=O) groups excluding carboxylic acids is 2. The minimum Gasteiger partial charge on any atom is -0.480 e. The van der Waals surface area contributed by atoms with Crippen LogP contribution >= 0.6 is 11.8 Å². The molecule has 0 fully saturated rings. The Morgan fingerprint density at radius 2 is 1.65 bits per heavy atom. The highest BCUT2D eigenvalue weighted by molar-refractivity contribution is 7.99. The van der Waals surface area contributed by atoms with Crippen molar-refractivity contribution in [1.29, 1.82) is 0 Å². The van der Waals surface area contributed by atoms with Gasteiger partial charge in [-0.1, -0.05) is 55.5 Å². The summed E-state index contributed by atoms with van der Waals surface area (Å²) in [7, 11) is 0. The zero-order valence-electron chi connectivity index (χ0n) is 17.2. The molecular formula is C23H25NO6S. The van der Waals surface area contributed by atoms with E-state index >= 15 is 0 Å². The van der Waals surface area contributed by atoms with Crippen LogP contribution in [0.3, 0.4) is 0 Å². The molecular weight excluding hydrogens is 418 g/mol. The Labute approximate surface area is 185 Å². The van der Waals surface area contributed by atoms with Crippen molar-refractivity contribution >= 4 is 29.8 Å². The first-order valence-corrected chi connectivity index (χ1v) is 11.2. The average molecular weight is 444 g/mol. The summed E-state index contributed by atoms with van der Waals surface area (Å²) in [5.41, 5.74) is 4.42. The molecule has 0 bridgehead atoms. The standard InChI is InChI=1S/C23H25NO6S/c1-2-21(25)29-11-12-31-14-20(22(26)27)24-23(28)30-13-19-17-9-5-3-7-15(17)16-8-4-6-10-18(16)19/h3-10,19-20H,2,11-14H2,1H3,(H,24,28)(H,26,27). The summed E-state index contributed by atoms with van der Waals surface area (Å²) in [6.07, 6.45) is -0.474. The normalized spacial score (nSPS) is 13.1. The van der Waals surface area contributed by atoms with Gasteiger partial charge in [-0.2, -0.15) is 11.8 Å². The molecule has 2 aromatic carbocycles. The van der Waals surface area contributed by atoms with Crippen LogP contribution in [0.15, 0.2) is 48.5 Å². The van der Waals surface area contributed by atoms with Crippen LogP contribution < -0.4 is 5.32 Å². The third-order valence-electron chi connectivity index (χ3n) is 5.00. The number of carboxylic acids is 1. The lowest BCUT2D eigenvalue weighted by molar-refractivity contribution is -0.142. The fourth-order valence-corrected chi connectivity index (χ4v) is 4.30. The van der Waals surface area contributed by atoms with Crippen molar-refractivity contribution in [1.82, 2.24) is 5.32 Å². The molecule has 1 amide bonds. The molecule has 0 saturated heterocycles. The fraction of sp³-hybridized carbons (Fsp3) is 0.348. The molecule has 0 saturated carbocycles. The van der Waals surface area contributed by atoms with Crippen molar-refractivity contribution in [3.63, 3.8) is 0 Å². The van der Waals surface area contributed by atoms with Gasteiger partial charge in [-0.3, -0.25) is 4.79 Å². The number of hydrogen-bond donors (Lipinski definition) is 2. The lowest BCUT2D eigenvalue weighted by atomic mass is 9.98. The Balaban J connectivity index is 1.52. The quantitative estimate of drug-likeness (QED) is 0.427. The van der Waals surface area contributed by atoms with Gasteiger partial charge in [-0.15, -0.1) is 0 Å². The molecule has 164 valence electrons. The Morgan fingerprint density at radius 1 is 1.03 bits per heavy atom. The summed E-state index contributed by atoms with van der Waals surface area (Å²) >= 11 is 1.28. The molecule has 2 N–H and O–H groups in total. The number of benzene rings is 2. The van der Waals surface area contributed by atoms with Gasteiger partial charge in [-0.25, -0.2) is 9.59 Å². The molecule has 1 unspecified atom stereocenters. The van der Waals surface area contributed by atoms with E-state index in [0.717, 1.165) is 22.3 Å². The van der Waals surface area contributed by atoms with Crippen LogP contribution in [-0.4, -0.2) is 53.9 Å². The third kappa shape index (κ3) is 5.79. The van der Waals surface area contributed by atoms with Gasteiger partial charge in [0.25, 0.3) is 0 Å². The van der Waals surface area contributed by atoms with Gasteiger partial charge in [0.05, 0.1) is 0 Å². The number of carbonyl (C=O) groups is 3. The zero-order valence-corrected chi connectivity index (χ0v) is 18.0. The number of nitrogens with one attached hydrogen (secondary N) is 1. The number of alkyl carbamates (subject to hydrolysis) is 1. The summed E-state index contributed by atoms with van der Waals surface area (Å²) in [6.45, 7) is 2.02. The summed E-state index contributed by atoms with van der Waals surface area (Å²) in [4.78, 5) is 34.9. The minimum atomic E-state index is -1.15. The molecule has 0 aliphatic heterocycles. The maximum Gasteiger partial charge on any atom is 0.407 e. The maximum atomic E-state index is 12.3. The monoisotopic (exact) mass is 443 g/mol. The van der Waals surface area contributed by atoms with Gasteiger partial charge in [0, 0.05) is 23.8 Å². The Morgan fingerprint density at radius 3 is 2.23 bits per heavy atom. The van der Waals surface area contributed by atoms with Crippen molar-refractivity contribution in [3.05, 3.63) is 59.7 Å². The van der Waals surface area contributed by atoms with E-state index in [4.69, 9.17) is 9.47 Å². The molecule has 0 spiro atoms. The van der Waals surface area contributed by atoms with Gasteiger partial charge in [0.15, 0.2) is 0 Å². The van der Waals surface area contributed by atoms with Crippen molar-refractivity contribution in [3.8, 4) is 11.1 Å². The van der Waals surface area contributed by atoms with Crippen molar-refractivity contribution in [2.75, 3.05) is 24.7 Å². The largest absolute Gasteiger partial charge is 0.480 e. The van der Waals surface area contributed by atoms with Gasteiger partial charge < -0.3 is 19.9 Å². The number of thioether (sulfide) groups is 1. The second-order valence-electron chi connectivity index (χ2n) is 7.01. The van der Waals surface area contributed by atoms with Crippen molar-refractivity contribution in [2.45, 2.75) is 25.3 Å². The van der Waals surface area contributed by atoms with E-state index in [1.807, 2.05) is 48.5 Å². The van der Waals surface area contributed by atoms with E-state index in [2.05, 4.69) is 5.32 Å². The molecule has 1 aliphatic carbocycles. The van der Waals surface area contributed by atoms with Crippen LogP contribution in [-0.2, 0) is 19.1 Å². The fourth-order valence-electron chi connectivity index (χ4n) is 3.47. The van der Waals surface area contributed by atoms with Gasteiger partial charge in [-0.05, 0) is 22.3 Å². The van der Waals surface area contributed by atoms with Gasteiger partial charge in [0.2, 0.25) is 0 Å². The second-order valence-corrected chi connectivity index (χ2v) is 8.16. The van der Waals surface area contributed by atoms with Crippen LogP contribution in [0.4, 0.5) is 4.79 Å². The van der Waals surface area contributed by atoms with E-state index in [1.165, 1.54) is 11.8 Å². The molecule has 1 aliphatic rings. The SMILES string of the molecule is CCC(=O)OCCSCC(NC(=O)OCC1c2ccccc2-c2ccccc21)C(=O)O. The molecule has 8 heteroatoms. The highest BCUT2D eigenvalue weighted by atomic mass is 32.2. The van der Waals surface area contributed by atoms with Crippen molar-refractivity contribution < 1.29 is 29.0 Å². The van der Waals surface area contributed by atoms with Gasteiger partial charge >= 0.3 is 18.0 Å². The molecule has 7 nitrogen and oxygen atoms in total. The zero-order chi connectivity index (χ0) is 22.2. The number of amides is 1. The first-order chi connectivity index (χ1) is 15.0. The molecule has 31 heavy (non-hydrogen) atoms. The molecule has 3 rings (SSSR count). The van der Waals surface area contributed by atoms with Crippen LogP contribution in [0.1, 0.15) is 30.4 Å². The van der Waals surface area contributed by atoms with E-state index in [-0.39, 0.29) is 30.9 Å². The summed E-state index contributed by atoms with van der Waals surface area (Å²) < 4.78 is 10.4. The van der Waals surface area contributed by atoms with E-state index in [9.17, 15) is 19.5 Å². The van der Waals surface area contributed by atoms with Crippen LogP contribution in [0.25, 0.3) is 11.1 Å². The number of fused-ring (bicyclic) bond motifs is 3. The predicted octanol–water partition coefficient (Wildman–Crippen LogP) is 3.66. The predicted molar refractivity (Wildman–Crippen MR) is 118 cm³/mol. The summed E-state index contributed by atoms with van der Waals surface area (Å²) in [6, 6.07) is 14.9. The second kappa shape index (κ2) is 10.9. The van der Waals surface area contributed by atoms with E-state index < -0.39 is 18.1 Å². The Hall–Kier alpha value is -3.00. The molecule has 2 aromatic rings. The molecule has 0 aromatic heterocycles. The lowest BCUT2D eigenvalue weighted by Gasteiger charge is -2.17.